The van der Waals surface area contributed by atoms with Crippen molar-refractivity contribution in [2.24, 2.45) is 0 Å². The number of hydrogen-bond acceptors (Lipinski definition) is 6. The maximum absolute atomic E-state index is 11.2. The summed E-state index contributed by atoms with van der Waals surface area (Å²) in [5.41, 5.74) is 0.641. The minimum absolute atomic E-state index is 0.0607. The van der Waals surface area contributed by atoms with E-state index in [0.717, 1.165) is 0 Å². The summed E-state index contributed by atoms with van der Waals surface area (Å²) in [4.78, 5) is 10.7. The molecule has 0 aliphatic carbocycles. The van der Waals surface area contributed by atoms with E-state index in [1.54, 1.807) is 30.3 Å². The number of nitrogens with one attached hydrogen (secondary N) is 1. The highest BCUT2D eigenvalue weighted by Crippen LogP contribution is 2.34. The standard InChI is InChI=1S/C18H22N2O5/c1-18(2,3)25-16-10-13(8-9-14(16)20(22)23)19-11-12-6-5-7-15(24-4)17(12)21/h5-10,19,21H,11H2,1-4H3. The van der Waals surface area contributed by atoms with Gasteiger partial charge in [-0.05, 0) is 32.9 Å². The van der Waals surface area contributed by atoms with E-state index in [-0.39, 0.29) is 17.2 Å². The number of nitro groups is 1. The summed E-state index contributed by atoms with van der Waals surface area (Å²) >= 11 is 0. The molecule has 0 fully saturated rings. The lowest BCUT2D eigenvalue weighted by Crippen LogP contribution is -2.23. The molecule has 0 aliphatic heterocycles. The maximum Gasteiger partial charge on any atom is 0.311 e. The van der Waals surface area contributed by atoms with Gasteiger partial charge in [-0.3, -0.25) is 10.1 Å². The second-order valence-corrected chi connectivity index (χ2v) is 6.48. The molecule has 0 aliphatic rings. The Labute approximate surface area is 146 Å². The van der Waals surface area contributed by atoms with Crippen molar-refractivity contribution in [3.63, 3.8) is 0 Å². The molecule has 25 heavy (non-hydrogen) atoms. The average Bonchev–Trinajstić information content (AvgIpc) is 2.52. The molecular formula is C18H22N2O5. The van der Waals surface area contributed by atoms with Crippen molar-refractivity contribution in [3.05, 3.63) is 52.1 Å². The third-order valence-corrected chi connectivity index (χ3v) is 3.36. The maximum atomic E-state index is 11.2. The number of phenolic OH excluding ortho intramolecular Hbond substituents is 1. The quantitative estimate of drug-likeness (QED) is 0.604. The van der Waals surface area contributed by atoms with Crippen LogP contribution in [0.2, 0.25) is 0 Å². The number of ether oxygens (including phenoxy) is 2. The van der Waals surface area contributed by atoms with E-state index in [2.05, 4.69) is 5.32 Å². The number of rotatable bonds is 6. The first kappa shape index (κ1) is 18.4. The van der Waals surface area contributed by atoms with Crippen molar-refractivity contribution in [2.45, 2.75) is 32.9 Å². The second-order valence-electron chi connectivity index (χ2n) is 6.48. The first-order valence-electron chi connectivity index (χ1n) is 7.77. The van der Waals surface area contributed by atoms with Gasteiger partial charge in [-0.25, -0.2) is 0 Å². The Balaban J connectivity index is 2.23. The molecule has 0 amide bonds. The van der Waals surface area contributed by atoms with Crippen molar-refractivity contribution in [1.82, 2.24) is 0 Å². The van der Waals surface area contributed by atoms with Gasteiger partial charge in [0, 0.05) is 29.9 Å². The van der Waals surface area contributed by atoms with Crippen molar-refractivity contribution in [1.29, 1.82) is 0 Å². The summed E-state index contributed by atoms with van der Waals surface area (Å²) in [6, 6.07) is 9.79. The van der Waals surface area contributed by atoms with Gasteiger partial charge >= 0.3 is 5.69 Å². The van der Waals surface area contributed by atoms with Gasteiger partial charge in [0.25, 0.3) is 0 Å². The van der Waals surface area contributed by atoms with Gasteiger partial charge in [-0.2, -0.15) is 0 Å². The number of nitro benzene ring substituents is 1. The number of hydrogen-bond donors (Lipinski definition) is 2. The summed E-state index contributed by atoms with van der Waals surface area (Å²) in [5, 5.41) is 24.4. The lowest BCUT2D eigenvalue weighted by Gasteiger charge is -2.21. The van der Waals surface area contributed by atoms with Gasteiger partial charge in [0.05, 0.1) is 12.0 Å². The van der Waals surface area contributed by atoms with E-state index in [1.807, 2.05) is 20.8 Å². The average molecular weight is 346 g/mol. The molecule has 134 valence electrons. The van der Waals surface area contributed by atoms with Crippen LogP contribution in [-0.2, 0) is 6.54 Å². The normalized spacial score (nSPS) is 11.0. The summed E-state index contributed by atoms with van der Waals surface area (Å²) in [6.07, 6.45) is 0. The number of anilines is 1. The van der Waals surface area contributed by atoms with E-state index < -0.39 is 10.5 Å². The Kier molecular flexibility index (Phi) is 5.36. The van der Waals surface area contributed by atoms with Crippen molar-refractivity contribution >= 4 is 11.4 Å². The van der Waals surface area contributed by atoms with Crippen LogP contribution in [0.25, 0.3) is 0 Å². The van der Waals surface area contributed by atoms with Gasteiger partial charge in [-0.1, -0.05) is 12.1 Å². The van der Waals surface area contributed by atoms with Gasteiger partial charge in [-0.15, -0.1) is 0 Å². The third kappa shape index (κ3) is 4.76. The Morgan fingerprint density at radius 2 is 1.92 bits per heavy atom. The molecular weight excluding hydrogens is 324 g/mol. The minimum Gasteiger partial charge on any atom is -0.504 e. The Bertz CT molecular complexity index is 769. The number of para-hydroxylation sites is 1. The molecule has 0 radical (unpaired) electrons. The molecule has 0 saturated carbocycles. The molecule has 0 atom stereocenters. The fraction of sp³-hybridized carbons (Fsp3) is 0.333. The second kappa shape index (κ2) is 7.29. The molecule has 0 aromatic heterocycles. The molecule has 0 spiro atoms. The predicted molar refractivity (Wildman–Crippen MR) is 95.5 cm³/mol. The topological polar surface area (TPSA) is 93.9 Å². The fourth-order valence-electron chi connectivity index (χ4n) is 2.26. The van der Waals surface area contributed by atoms with Gasteiger partial charge < -0.3 is 19.9 Å². The van der Waals surface area contributed by atoms with Crippen LogP contribution in [-0.4, -0.2) is 22.7 Å². The van der Waals surface area contributed by atoms with Crippen molar-refractivity contribution < 1.29 is 19.5 Å². The highest BCUT2D eigenvalue weighted by atomic mass is 16.6. The zero-order valence-electron chi connectivity index (χ0n) is 14.7. The third-order valence-electron chi connectivity index (χ3n) is 3.36. The lowest BCUT2D eigenvalue weighted by atomic mass is 10.1. The molecule has 0 bridgehead atoms. The van der Waals surface area contributed by atoms with E-state index in [9.17, 15) is 15.2 Å². The van der Waals surface area contributed by atoms with Gasteiger partial charge in [0.1, 0.15) is 5.60 Å². The highest BCUT2D eigenvalue weighted by Gasteiger charge is 2.21. The molecule has 2 rings (SSSR count). The fourth-order valence-corrected chi connectivity index (χ4v) is 2.26. The minimum atomic E-state index is -0.561. The van der Waals surface area contributed by atoms with Gasteiger partial charge in [0.15, 0.2) is 17.2 Å². The van der Waals surface area contributed by atoms with Crippen LogP contribution < -0.4 is 14.8 Å². The van der Waals surface area contributed by atoms with E-state index >= 15 is 0 Å². The number of methoxy groups -OCH3 is 1. The number of nitrogens with zero attached hydrogens (tertiary/aromatic N) is 1. The predicted octanol–water partition coefficient (Wildman–Crippen LogP) is 4.10. The summed E-state index contributed by atoms with van der Waals surface area (Å²) < 4.78 is 10.8. The van der Waals surface area contributed by atoms with E-state index in [0.29, 0.717) is 23.5 Å². The van der Waals surface area contributed by atoms with Crippen LogP contribution in [0.5, 0.6) is 17.2 Å². The van der Waals surface area contributed by atoms with Crippen molar-refractivity contribution in [2.75, 3.05) is 12.4 Å². The van der Waals surface area contributed by atoms with E-state index in [1.165, 1.54) is 13.2 Å². The summed E-state index contributed by atoms with van der Waals surface area (Å²) in [6.45, 7) is 5.80. The Morgan fingerprint density at radius 3 is 2.52 bits per heavy atom. The Morgan fingerprint density at radius 1 is 1.20 bits per heavy atom. The highest BCUT2D eigenvalue weighted by molar-refractivity contribution is 5.59. The monoisotopic (exact) mass is 346 g/mol. The van der Waals surface area contributed by atoms with Crippen LogP contribution in [0.15, 0.2) is 36.4 Å². The molecule has 0 saturated heterocycles. The number of benzene rings is 2. The SMILES string of the molecule is COc1cccc(CNc2ccc([N+](=O)[O-])c(OC(C)(C)C)c2)c1O. The zero-order chi connectivity index (χ0) is 18.6. The molecule has 0 unspecified atom stereocenters. The molecule has 7 nitrogen and oxygen atoms in total. The molecule has 7 heteroatoms. The molecule has 2 aromatic carbocycles. The Hall–Kier alpha value is -2.96. The van der Waals surface area contributed by atoms with Crippen LogP contribution in [0.4, 0.5) is 11.4 Å². The van der Waals surface area contributed by atoms with Crippen molar-refractivity contribution in [3.8, 4) is 17.2 Å². The number of phenols is 1. The molecule has 2 N–H and O–H groups in total. The van der Waals surface area contributed by atoms with Gasteiger partial charge in [0.2, 0.25) is 0 Å². The summed E-state index contributed by atoms with van der Waals surface area (Å²) in [7, 11) is 1.48. The summed E-state index contributed by atoms with van der Waals surface area (Å²) in [5.74, 6) is 0.641. The number of aromatic hydroxyl groups is 1. The zero-order valence-corrected chi connectivity index (χ0v) is 14.7. The van der Waals surface area contributed by atoms with Crippen LogP contribution in [0.1, 0.15) is 26.3 Å². The van der Waals surface area contributed by atoms with E-state index in [4.69, 9.17) is 9.47 Å². The van der Waals surface area contributed by atoms with Crippen LogP contribution in [0, 0.1) is 10.1 Å². The largest absolute Gasteiger partial charge is 0.504 e. The smallest absolute Gasteiger partial charge is 0.311 e. The molecule has 2 aromatic rings. The van der Waals surface area contributed by atoms with Crippen LogP contribution >= 0.6 is 0 Å². The molecule has 0 heterocycles. The first-order chi connectivity index (χ1) is 11.7. The van der Waals surface area contributed by atoms with Crippen LogP contribution in [0.3, 0.4) is 0 Å². The lowest BCUT2D eigenvalue weighted by molar-refractivity contribution is -0.386. The first-order valence-corrected chi connectivity index (χ1v) is 7.77.